The van der Waals surface area contributed by atoms with E-state index in [0.717, 1.165) is 22.2 Å². The molecule has 0 bridgehead atoms. The molecule has 0 aliphatic heterocycles. The van der Waals surface area contributed by atoms with Crippen LogP contribution in [0.2, 0.25) is 0 Å². The van der Waals surface area contributed by atoms with Gasteiger partial charge in [0.25, 0.3) is 0 Å². The van der Waals surface area contributed by atoms with E-state index in [2.05, 4.69) is 4.98 Å². The normalized spacial score (nSPS) is 10.7. The highest BCUT2D eigenvalue weighted by atomic mass is 16.5. The van der Waals surface area contributed by atoms with Crippen LogP contribution in [0.25, 0.3) is 10.9 Å². The highest BCUT2D eigenvalue weighted by Gasteiger charge is 2.01. The predicted octanol–water partition coefficient (Wildman–Crippen LogP) is 3.33. The first-order valence-corrected chi connectivity index (χ1v) is 5.86. The van der Waals surface area contributed by atoms with E-state index < -0.39 is 0 Å². The van der Waals surface area contributed by atoms with Gasteiger partial charge in [-0.05, 0) is 29.8 Å². The van der Waals surface area contributed by atoms with Gasteiger partial charge < -0.3 is 15.5 Å². The minimum absolute atomic E-state index is 0.576. The molecule has 3 heteroatoms. The van der Waals surface area contributed by atoms with Crippen molar-refractivity contribution >= 4 is 16.7 Å². The third-order valence-corrected chi connectivity index (χ3v) is 2.86. The molecule has 2 aromatic carbocycles. The van der Waals surface area contributed by atoms with Crippen LogP contribution in [0, 0.1) is 0 Å². The highest BCUT2D eigenvalue weighted by Crippen LogP contribution is 2.23. The van der Waals surface area contributed by atoms with Crippen molar-refractivity contribution in [2.24, 2.45) is 0 Å². The first-order valence-electron chi connectivity index (χ1n) is 5.86. The van der Waals surface area contributed by atoms with E-state index in [1.54, 1.807) is 0 Å². The van der Waals surface area contributed by atoms with Crippen molar-refractivity contribution in [1.82, 2.24) is 4.98 Å². The summed E-state index contributed by atoms with van der Waals surface area (Å²) in [6.45, 7) is 0.576. The summed E-state index contributed by atoms with van der Waals surface area (Å²) in [5, 5.41) is 1.07. The van der Waals surface area contributed by atoms with Crippen molar-refractivity contribution in [2.45, 2.75) is 6.61 Å². The second-order valence-corrected chi connectivity index (χ2v) is 4.25. The van der Waals surface area contributed by atoms with Crippen LogP contribution in [-0.4, -0.2) is 4.98 Å². The molecule has 0 unspecified atom stereocenters. The molecule has 0 aliphatic rings. The van der Waals surface area contributed by atoms with Crippen LogP contribution in [-0.2, 0) is 6.61 Å². The molecule has 3 N–H and O–H groups in total. The van der Waals surface area contributed by atoms with Crippen molar-refractivity contribution in [3.8, 4) is 5.75 Å². The number of hydrogen-bond acceptors (Lipinski definition) is 2. The monoisotopic (exact) mass is 238 g/mol. The maximum absolute atomic E-state index is 5.75. The number of ether oxygens (including phenoxy) is 1. The van der Waals surface area contributed by atoms with E-state index >= 15 is 0 Å². The summed E-state index contributed by atoms with van der Waals surface area (Å²) in [6, 6.07) is 17.9. The number of fused-ring (bicyclic) bond motifs is 1. The lowest BCUT2D eigenvalue weighted by molar-refractivity contribution is 0.306. The van der Waals surface area contributed by atoms with Gasteiger partial charge in [-0.2, -0.15) is 0 Å². The summed E-state index contributed by atoms with van der Waals surface area (Å²) in [5.41, 5.74) is 7.90. The molecule has 0 saturated carbocycles. The summed E-state index contributed by atoms with van der Waals surface area (Å²) in [4.78, 5) is 3.08. The lowest BCUT2D eigenvalue weighted by Gasteiger charge is -2.06. The molecule has 0 radical (unpaired) electrons. The van der Waals surface area contributed by atoms with Crippen molar-refractivity contribution in [2.75, 3.05) is 5.73 Å². The maximum Gasteiger partial charge on any atom is 0.120 e. The van der Waals surface area contributed by atoms with E-state index in [-0.39, 0.29) is 0 Å². The molecule has 3 nitrogen and oxygen atoms in total. The molecule has 0 fully saturated rings. The van der Waals surface area contributed by atoms with Gasteiger partial charge in [-0.3, -0.25) is 0 Å². The van der Waals surface area contributed by atoms with Gasteiger partial charge in [-0.25, -0.2) is 0 Å². The Balaban J connectivity index is 1.78. The van der Waals surface area contributed by atoms with Crippen LogP contribution >= 0.6 is 0 Å². The van der Waals surface area contributed by atoms with Gasteiger partial charge in [0.15, 0.2) is 0 Å². The Hall–Kier alpha value is -2.42. The molecule has 1 aromatic heterocycles. The standard InChI is InChI=1S/C15H14N2O/c16-15-9-12-8-13(6-7-14(12)17-15)18-10-11-4-2-1-3-5-11/h1-9,17H,10,16H2. The molecule has 1 heterocycles. The average Bonchev–Trinajstić information content (AvgIpc) is 2.77. The largest absolute Gasteiger partial charge is 0.489 e. The highest BCUT2D eigenvalue weighted by molar-refractivity contribution is 5.84. The molecule has 3 aromatic rings. The number of anilines is 1. The quantitative estimate of drug-likeness (QED) is 0.735. The summed E-state index contributed by atoms with van der Waals surface area (Å²) in [5.74, 6) is 1.52. The molecule has 0 atom stereocenters. The van der Waals surface area contributed by atoms with Crippen LogP contribution in [0.3, 0.4) is 0 Å². The van der Waals surface area contributed by atoms with Gasteiger partial charge in [0.1, 0.15) is 18.2 Å². The second-order valence-electron chi connectivity index (χ2n) is 4.25. The molecule has 0 aliphatic carbocycles. The summed E-state index contributed by atoms with van der Waals surface area (Å²) in [7, 11) is 0. The zero-order chi connectivity index (χ0) is 12.4. The first-order chi connectivity index (χ1) is 8.81. The van der Waals surface area contributed by atoms with E-state index in [4.69, 9.17) is 10.5 Å². The fraction of sp³-hybridized carbons (Fsp3) is 0.0667. The number of aromatic nitrogens is 1. The number of benzene rings is 2. The predicted molar refractivity (Wildman–Crippen MR) is 73.5 cm³/mol. The molecular weight excluding hydrogens is 224 g/mol. The van der Waals surface area contributed by atoms with Gasteiger partial charge in [-0.15, -0.1) is 0 Å². The third-order valence-electron chi connectivity index (χ3n) is 2.86. The van der Waals surface area contributed by atoms with E-state index in [0.29, 0.717) is 12.4 Å². The Labute approximate surface area is 105 Å². The van der Waals surface area contributed by atoms with Crippen molar-refractivity contribution < 1.29 is 4.74 Å². The number of H-pyrrole nitrogens is 1. The van der Waals surface area contributed by atoms with Crippen LogP contribution in [0.1, 0.15) is 5.56 Å². The number of nitrogens with two attached hydrogens (primary N) is 1. The number of rotatable bonds is 3. The van der Waals surface area contributed by atoms with E-state index in [9.17, 15) is 0 Å². The second kappa shape index (κ2) is 4.45. The third kappa shape index (κ3) is 2.15. The number of aromatic amines is 1. The fourth-order valence-electron chi connectivity index (χ4n) is 1.96. The number of nitrogens with one attached hydrogen (secondary N) is 1. The summed E-state index contributed by atoms with van der Waals surface area (Å²) >= 11 is 0. The van der Waals surface area contributed by atoms with Gasteiger partial charge >= 0.3 is 0 Å². The van der Waals surface area contributed by atoms with Gasteiger partial charge in [-0.1, -0.05) is 30.3 Å². The Morgan fingerprint density at radius 2 is 1.83 bits per heavy atom. The maximum atomic E-state index is 5.75. The number of nitrogen functional groups attached to an aromatic ring is 1. The zero-order valence-electron chi connectivity index (χ0n) is 9.89. The average molecular weight is 238 g/mol. The zero-order valence-corrected chi connectivity index (χ0v) is 9.89. The van der Waals surface area contributed by atoms with E-state index in [1.807, 2.05) is 54.6 Å². The summed E-state index contributed by atoms with van der Waals surface area (Å²) in [6.07, 6.45) is 0. The van der Waals surface area contributed by atoms with E-state index in [1.165, 1.54) is 0 Å². The van der Waals surface area contributed by atoms with Gasteiger partial charge in [0, 0.05) is 10.9 Å². The minimum atomic E-state index is 0.576. The first kappa shape index (κ1) is 10.7. The lowest BCUT2D eigenvalue weighted by atomic mass is 10.2. The summed E-state index contributed by atoms with van der Waals surface area (Å²) < 4.78 is 5.75. The molecule has 3 rings (SSSR count). The molecule has 0 amide bonds. The molecular formula is C15H14N2O. The Morgan fingerprint density at radius 1 is 1.00 bits per heavy atom. The smallest absolute Gasteiger partial charge is 0.120 e. The van der Waals surface area contributed by atoms with Crippen LogP contribution in [0.5, 0.6) is 5.75 Å². The van der Waals surface area contributed by atoms with Crippen molar-refractivity contribution in [1.29, 1.82) is 0 Å². The Morgan fingerprint density at radius 3 is 2.67 bits per heavy atom. The van der Waals surface area contributed by atoms with Crippen LogP contribution in [0.15, 0.2) is 54.6 Å². The van der Waals surface area contributed by atoms with Crippen molar-refractivity contribution in [3.05, 3.63) is 60.2 Å². The SMILES string of the molecule is Nc1cc2cc(OCc3ccccc3)ccc2[nH]1. The topological polar surface area (TPSA) is 51.0 Å². The number of hydrogen-bond donors (Lipinski definition) is 2. The Bertz CT molecular complexity index is 659. The molecule has 0 saturated heterocycles. The van der Waals surface area contributed by atoms with Crippen LogP contribution < -0.4 is 10.5 Å². The molecule has 90 valence electrons. The minimum Gasteiger partial charge on any atom is -0.489 e. The lowest BCUT2D eigenvalue weighted by Crippen LogP contribution is -1.94. The van der Waals surface area contributed by atoms with Crippen molar-refractivity contribution in [3.63, 3.8) is 0 Å². The molecule has 18 heavy (non-hydrogen) atoms. The fourth-order valence-corrected chi connectivity index (χ4v) is 1.96. The van der Waals surface area contributed by atoms with Crippen LogP contribution in [0.4, 0.5) is 5.82 Å². The Kier molecular flexibility index (Phi) is 2.65. The van der Waals surface area contributed by atoms with Gasteiger partial charge in [0.2, 0.25) is 0 Å². The molecule has 0 spiro atoms. The van der Waals surface area contributed by atoms with Gasteiger partial charge in [0.05, 0.1) is 0 Å².